The maximum Gasteiger partial charge on any atom is 0.408 e. The number of halogens is 4. The minimum Gasteiger partial charge on any atom is -0.344 e. The smallest absolute Gasteiger partial charge is 0.344 e. The highest BCUT2D eigenvalue weighted by Crippen LogP contribution is 2.25. The van der Waals surface area contributed by atoms with Crippen molar-refractivity contribution in [2.45, 2.75) is 25.6 Å². The summed E-state index contributed by atoms with van der Waals surface area (Å²) in [6.07, 6.45) is -4.87. The zero-order chi connectivity index (χ0) is 13.1. The van der Waals surface area contributed by atoms with Crippen molar-refractivity contribution in [1.29, 1.82) is 0 Å². The third-order valence-electron chi connectivity index (χ3n) is 2.15. The number of hydrogen-bond acceptors (Lipinski definition) is 1. The molecule has 0 spiro atoms. The Morgan fingerprint density at radius 3 is 2.47 bits per heavy atom. The van der Waals surface area contributed by atoms with E-state index in [1.807, 2.05) is 5.32 Å². The van der Waals surface area contributed by atoms with Crippen LogP contribution in [0.4, 0.5) is 13.2 Å². The normalized spacial score (nSPS) is 13.2. The molecule has 1 rings (SSSR count). The topological polar surface area (TPSA) is 29.1 Å². The van der Waals surface area contributed by atoms with Gasteiger partial charge in [-0.25, -0.2) is 0 Å². The van der Waals surface area contributed by atoms with Gasteiger partial charge in [0.25, 0.3) is 0 Å². The first-order valence-electron chi connectivity index (χ1n) is 4.88. The first-order valence-corrected chi connectivity index (χ1v) is 5.25. The van der Waals surface area contributed by atoms with Crippen LogP contribution in [0.1, 0.15) is 12.5 Å². The van der Waals surface area contributed by atoms with Gasteiger partial charge in [0.15, 0.2) is 0 Å². The number of benzene rings is 1. The molecule has 1 aromatic rings. The highest BCUT2D eigenvalue weighted by molar-refractivity contribution is 6.31. The van der Waals surface area contributed by atoms with Crippen molar-refractivity contribution in [3.8, 4) is 0 Å². The quantitative estimate of drug-likeness (QED) is 0.894. The first-order chi connectivity index (χ1) is 7.80. The first kappa shape index (κ1) is 13.8. The molecule has 0 fully saturated rings. The van der Waals surface area contributed by atoms with Gasteiger partial charge in [-0.3, -0.25) is 4.79 Å². The number of carbonyl (C=O) groups is 1. The van der Waals surface area contributed by atoms with E-state index in [2.05, 4.69) is 0 Å². The van der Waals surface area contributed by atoms with Crippen LogP contribution in [-0.4, -0.2) is 18.1 Å². The highest BCUT2D eigenvalue weighted by Gasteiger charge is 2.40. The Morgan fingerprint density at radius 2 is 2.00 bits per heavy atom. The van der Waals surface area contributed by atoms with E-state index in [1.165, 1.54) is 12.1 Å². The van der Waals surface area contributed by atoms with Gasteiger partial charge in [-0.2, -0.15) is 13.2 Å². The molecule has 94 valence electrons. The fourth-order valence-corrected chi connectivity index (χ4v) is 1.59. The monoisotopic (exact) mass is 265 g/mol. The molecule has 1 atom stereocenters. The molecule has 6 heteroatoms. The SMILES string of the molecule is CC(=O)NC(Cc1ccccc1Cl)C(F)(F)F. The van der Waals surface area contributed by atoms with Crippen LogP contribution in [0, 0.1) is 0 Å². The molecule has 0 radical (unpaired) electrons. The molecule has 2 nitrogen and oxygen atoms in total. The summed E-state index contributed by atoms with van der Waals surface area (Å²) >= 11 is 5.77. The van der Waals surface area contributed by atoms with Crippen LogP contribution >= 0.6 is 11.6 Å². The summed E-state index contributed by atoms with van der Waals surface area (Å²) in [4.78, 5) is 10.7. The Kier molecular flexibility index (Phi) is 4.40. The van der Waals surface area contributed by atoms with E-state index in [-0.39, 0.29) is 11.4 Å². The molecule has 0 aliphatic carbocycles. The molecular formula is C11H11ClF3NO. The highest BCUT2D eigenvalue weighted by atomic mass is 35.5. The van der Waals surface area contributed by atoms with E-state index in [9.17, 15) is 18.0 Å². The molecule has 0 saturated heterocycles. The summed E-state index contributed by atoms with van der Waals surface area (Å²) in [7, 11) is 0. The van der Waals surface area contributed by atoms with Crippen molar-refractivity contribution >= 4 is 17.5 Å². The Labute approximate surface area is 102 Å². The maximum absolute atomic E-state index is 12.6. The number of rotatable bonds is 3. The van der Waals surface area contributed by atoms with Crippen LogP contribution in [0.15, 0.2) is 24.3 Å². The van der Waals surface area contributed by atoms with Crippen LogP contribution in [0.2, 0.25) is 5.02 Å². The Hall–Kier alpha value is -1.23. The summed E-state index contributed by atoms with van der Waals surface area (Å²) < 4.78 is 37.9. The second-order valence-corrected chi connectivity index (χ2v) is 4.00. The average Bonchev–Trinajstić information content (AvgIpc) is 2.18. The molecule has 0 aliphatic rings. The lowest BCUT2D eigenvalue weighted by molar-refractivity contribution is -0.160. The summed E-state index contributed by atoms with van der Waals surface area (Å²) in [6, 6.07) is 4.33. The van der Waals surface area contributed by atoms with E-state index in [0.29, 0.717) is 5.56 Å². The summed E-state index contributed by atoms with van der Waals surface area (Å²) in [5, 5.41) is 2.13. The molecular weight excluding hydrogens is 255 g/mol. The zero-order valence-electron chi connectivity index (χ0n) is 9.01. The van der Waals surface area contributed by atoms with Crippen LogP contribution in [0.3, 0.4) is 0 Å². The van der Waals surface area contributed by atoms with E-state index in [4.69, 9.17) is 11.6 Å². The predicted molar refractivity (Wildman–Crippen MR) is 58.8 cm³/mol. The van der Waals surface area contributed by atoms with Gasteiger partial charge in [0.05, 0.1) is 0 Å². The predicted octanol–water partition coefficient (Wildman–Crippen LogP) is 2.95. The number of hydrogen-bond donors (Lipinski definition) is 1. The minimum atomic E-state index is -4.50. The van der Waals surface area contributed by atoms with Crippen LogP contribution in [-0.2, 0) is 11.2 Å². The molecule has 1 unspecified atom stereocenters. The second-order valence-electron chi connectivity index (χ2n) is 3.59. The minimum absolute atomic E-state index is 0.257. The fourth-order valence-electron chi connectivity index (χ4n) is 1.38. The lowest BCUT2D eigenvalue weighted by atomic mass is 10.1. The lowest BCUT2D eigenvalue weighted by Gasteiger charge is -2.21. The molecule has 1 amide bonds. The van der Waals surface area contributed by atoms with Crippen LogP contribution in [0.25, 0.3) is 0 Å². The van der Waals surface area contributed by atoms with E-state index in [0.717, 1.165) is 6.92 Å². The fraction of sp³-hybridized carbons (Fsp3) is 0.364. The van der Waals surface area contributed by atoms with Crippen molar-refractivity contribution in [3.63, 3.8) is 0 Å². The van der Waals surface area contributed by atoms with Gasteiger partial charge < -0.3 is 5.32 Å². The van der Waals surface area contributed by atoms with Crippen molar-refractivity contribution in [1.82, 2.24) is 5.32 Å². The van der Waals surface area contributed by atoms with Gasteiger partial charge in [-0.05, 0) is 11.6 Å². The summed E-state index contributed by atoms with van der Waals surface area (Å²) in [5.74, 6) is -0.723. The summed E-state index contributed by atoms with van der Waals surface area (Å²) in [6.45, 7) is 1.05. The third kappa shape index (κ3) is 4.26. The molecule has 0 aliphatic heterocycles. The number of alkyl halides is 3. The van der Waals surface area contributed by atoms with Gasteiger partial charge >= 0.3 is 6.18 Å². The number of carbonyl (C=O) groups excluding carboxylic acids is 1. The van der Waals surface area contributed by atoms with Crippen molar-refractivity contribution in [2.75, 3.05) is 0 Å². The van der Waals surface area contributed by atoms with E-state index >= 15 is 0 Å². The van der Waals surface area contributed by atoms with E-state index in [1.54, 1.807) is 12.1 Å². The van der Waals surface area contributed by atoms with Crippen molar-refractivity contribution < 1.29 is 18.0 Å². The number of amides is 1. The third-order valence-corrected chi connectivity index (χ3v) is 2.52. The van der Waals surface area contributed by atoms with Crippen molar-refractivity contribution in [2.24, 2.45) is 0 Å². The second kappa shape index (κ2) is 5.40. The van der Waals surface area contributed by atoms with Gasteiger partial charge in [0.2, 0.25) is 5.91 Å². The molecule has 0 aromatic heterocycles. The van der Waals surface area contributed by atoms with Crippen LogP contribution in [0.5, 0.6) is 0 Å². The maximum atomic E-state index is 12.6. The molecule has 0 heterocycles. The molecule has 17 heavy (non-hydrogen) atoms. The Morgan fingerprint density at radius 1 is 1.41 bits per heavy atom. The number of nitrogens with one attached hydrogen (secondary N) is 1. The zero-order valence-corrected chi connectivity index (χ0v) is 9.77. The van der Waals surface area contributed by atoms with Crippen LogP contribution < -0.4 is 5.32 Å². The van der Waals surface area contributed by atoms with Gasteiger partial charge in [-0.1, -0.05) is 29.8 Å². The van der Waals surface area contributed by atoms with Crippen molar-refractivity contribution in [3.05, 3.63) is 34.9 Å². The lowest BCUT2D eigenvalue weighted by Crippen LogP contribution is -2.46. The van der Waals surface area contributed by atoms with Gasteiger partial charge in [0.1, 0.15) is 6.04 Å². The Balaban J connectivity index is 2.87. The standard InChI is InChI=1S/C11H11ClF3NO/c1-7(17)16-10(11(13,14)15)6-8-4-2-3-5-9(8)12/h2-5,10H,6H2,1H3,(H,16,17). The van der Waals surface area contributed by atoms with Gasteiger partial charge in [-0.15, -0.1) is 0 Å². The Bertz CT molecular complexity index is 406. The average molecular weight is 266 g/mol. The molecule has 0 bridgehead atoms. The van der Waals surface area contributed by atoms with Gasteiger partial charge in [0, 0.05) is 18.4 Å². The van der Waals surface area contributed by atoms with E-state index < -0.39 is 18.1 Å². The molecule has 1 aromatic carbocycles. The molecule has 1 N–H and O–H groups in total. The largest absolute Gasteiger partial charge is 0.408 e. The molecule has 0 saturated carbocycles. The summed E-state index contributed by atoms with van der Waals surface area (Å²) in [5.41, 5.74) is 0.352.